The molecule has 2 aromatic rings. The number of carbonyl (C=O) groups is 1. The molecule has 0 unspecified atom stereocenters. The van der Waals surface area contributed by atoms with Crippen LogP contribution in [0.15, 0.2) is 36.4 Å². The summed E-state index contributed by atoms with van der Waals surface area (Å²) in [6.07, 6.45) is 4.44. The molecule has 0 radical (unpaired) electrons. The van der Waals surface area contributed by atoms with Gasteiger partial charge in [0.1, 0.15) is 11.8 Å². The lowest BCUT2D eigenvalue weighted by Crippen LogP contribution is -2.48. The molecule has 0 heterocycles. The second-order valence-electron chi connectivity index (χ2n) is 8.02. The molecule has 0 aromatic heterocycles. The average Bonchev–Trinajstić information content (AvgIpc) is 3.14. The van der Waals surface area contributed by atoms with Crippen LogP contribution in [0.25, 0.3) is 0 Å². The second kappa shape index (κ2) is 8.68. The summed E-state index contributed by atoms with van der Waals surface area (Å²) in [6, 6.07) is 10.4. The smallest absolute Gasteiger partial charge is 0.244 e. The van der Waals surface area contributed by atoms with Crippen molar-refractivity contribution in [2.75, 3.05) is 17.7 Å². The van der Waals surface area contributed by atoms with E-state index in [-0.39, 0.29) is 11.9 Å². The fraction of sp³-hybridized carbons (Fsp3) is 0.435. The molecule has 1 aliphatic carbocycles. The monoisotopic (exact) mass is 430 g/mol. The zero-order chi connectivity index (χ0) is 22.1. The van der Waals surface area contributed by atoms with Gasteiger partial charge in [-0.05, 0) is 74.4 Å². The van der Waals surface area contributed by atoms with Crippen molar-refractivity contribution in [2.45, 2.75) is 52.1 Å². The fourth-order valence-corrected chi connectivity index (χ4v) is 5.20. The topological polar surface area (TPSA) is 75.7 Å². The van der Waals surface area contributed by atoms with E-state index in [0.717, 1.165) is 41.0 Å². The van der Waals surface area contributed by atoms with E-state index in [1.54, 1.807) is 19.1 Å². The Labute approximate surface area is 179 Å². The number of ether oxygens (including phenoxy) is 1. The van der Waals surface area contributed by atoms with Crippen LogP contribution >= 0.6 is 0 Å². The maximum atomic E-state index is 13.0. The van der Waals surface area contributed by atoms with Crippen molar-refractivity contribution in [3.63, 3.8) is 0 Å². The van der Waals surface area contributed by atoms with Crippen LogP contribution in [0.4, 0.5) is 5.69 Å². The summed E-state index contributed by atoms with van der Waals surface area (Å²) >= 11 is 0. The molecule has 162 valence electrons. The number of amides is 1. The highest BCUT2D eigenvalue weighted by Gasteiger charge is 2.32. The first-order valence-electron chi connectivity index (χ1n) is 10.2. The predicted octanol–water partition coefficient (Wildman–Crippen LogP) is 3.52. The molecule has 0 bridgehead atoms. The van der Waals surface area contributed by atoms with Crippen molar-refractivity contribution in [2.24, 2.45) is 0 Å². The zero-order valence-corrected chi connectivity index (χ0v) is 19.0. The van der Waals surface area contributed by atoms with Gasteiger partial charge in [-0.1, -0.05) is 24.3 Å². The minimum Gasteiger partial charge on any atom is -0.495 e. The third-order valence-corrected chi connectivity index (χ3v) is 6.87. The molecule has 1 amide bonds. The lowest BCUT2D eigenvalue weighted by atomic mass is 10.0. The number of rotatable bonds is 7. The summed E-state index contributed by atoms with van der Waals surface area (Å²) in [5, 5.41) is 2.98. The van der Waals surface area contributed by atoms with Gasteiger partial charge in [0.2, 0.25) is 15.9 Å². The standard InChI is InChI=1S/C23H30N2O4S/c1-15-9-12-22(29-4)21(13-15)25(30(5,27)28)17(3)23(26)24-16(2)19-11-10-18-7-6-8-20(18)14-19/h9-14,16-17H,6-8H2,1-5H3,(H,24,26)/t16-,17+/m1/s1. The number of carbonyl (C=O) groups excluding carboxylic acids is 1. The number of nitrogens with zero attached hydrogens (tertiary/aromatic N) is 1. The van der Waals surface area contributed by atoms with Crippen LogP contribution in [-0.2, 0) is 27.7 Å². The van der Waals surface area contributed by atoms with Gasteiger partial charge in [0.05, 0.1) is 25.1 Å². The number of aryl methyl sites for hydroxylation is 3. The van der Waals surface area contributed by atoms with E-state index in [1.165, 1.54) is 18.2 Å². The number of hydrogen-bond acceptors (Lipinski definition) is 4. The molecule has 30 heavy (non-hydrogen) atoms. The number of methoxy groups -OCH3 is 1. The normalized spacial score (nSPS) is 15.2. The second-order valence-corrected chi connectivity index (χ2v) is 9.88. The summed E-state index contributed by atoms with van der Waals surface area (Å²) in [6.45, 7) is 5.37. The van der Waals surface area contributed by atoms with Crippen molar-refractivity contribution in [1.29, 1.82) is 0 Å². The zero-order valence-electron chi connectivity index (χ0n) is 18.2. The Hall–Kier alpha value is -2.54. The summed E-state index contributed by atoms with van der Waals surface area (Å²) in [5.41, 5.74) is 4.96. The van der Waals surface area contributed by atoms with Gasteiger partial charge in [-0.3, -0.25) is 9.10 Å². The van der Waals surface area contributed by atoms with Crippen LogP contribution in [0.5, 0.6) is 5.75 Å². The van der Waals surface area contributed by atoms with Gasteiger partial charge in [-0.15, -0.1) is 0 Å². The van der Waals surface area contributed by atoms with E-state index in [1.807, 2.05) is 26.0 Å². The highest BCUT2D eigenvalue weighted by Crippen LogP contribution is 2.33. The molecule has 0 saturated carbocycles. The Morgan fingerprint density at radius 1 is 1.10 bits per heavy atom. The molecule has 2 atom stereocenters. The van der Waals surface area contributed by atoms with E-state index in [0.29, 0.717) is 11.4 Å². The SMILES string of the molecule is COc1ccc(C)cc1N([C@@H](C)C(=O)N[C@H](C)c1ccc2c(c1)CCC2)S(C)(=O)=O. The van der Waals surface area contributed by atoms with Crippen molar-refractivity contribution in [3.05, 3.63) is 58.7 Å². The summed E-state index contributed by atoms with van der Waals surface area (Å²) in [4.78, 5) is 13.0. The van der Waals surface area contributed by atoms with Crippen molar-refractivity contribution in [1.82, 2.24) is 5.32 Å². The van der Waals surface area contributed by atoms with Gasteiger partial charge < -0.3 is 10.1 Å². The predicted molar refractivity (Wildman–Crippen MR) is 120 cm³/mol. The van der Waals surface area contributed by atoms with Crippen LogP contribution in [0.1, 0.15) is 48.6 Å². The molecule has 1 N–H and O–H groups in total. The number of benzene rings is 2. The molecule has 0 fully saturated rings. The van der Waals surface area contributed by atoms with Gasteiger partial charge in [0.25, 0.3) is 0 Å². The Bertz CT molecular complexity index is 1050. The van der Waals surface area contributed by atoms with Crippen molar-refractivity contribution >= 4 is 21.6 Å². The maximum absolute atomic E-state index is 13.0. The molecule has 2 aromatic carbocycles. The minimum absolute atomic E-state index is 0.230. The quantitative estimate of drug-likeness (QED) is 0.729. The van der Waals surface area contributed by atoms with Crippen LogP contribution in [-0.4, -0.2) is 33.7 Å². The Balaban J connectivity index is 1.85. The van der Waals surface area contributed by atoms with E-state index in [2.05, 4.69) is 17.4 Å². The molecule has 3 rings (SSSR count). The van der Waals surface area contributed by atoms with Crippen molar-refractivity contribution in [3.8, 4) is 5.75 Å². The maximum Gasteiger partial charge on any atom is 0.244 e. The Morgan fingerprint density at radius 2 is 1.80 bits per heavy atom. The van der Waals surface area contributed by atoms with E-state index in [4.69, 9.17) is 4.74 Å². The number of anilines is 1. The molecule has 0 saturated heterocycles. The highest BCUT2D eigenvalue weighted by molar-refractivity contribution is 7.92. The number of hydrogen-bond donors (Lipinski definition) is 1. The van der Waals surface area contributed by atoms with Crippen LogP contribution < -0.4 is 14.4 Å². The first-order valence-corrected chi connectivity index (χ1v) is 12.0. The molecule has 0 spiro atoms. The van der Waals surface area contributed by atoms with Gasteiger partial charge >= 0.3 is 0 Å². The van der Waals surface area contributed by atoms with Gasteiger partial charge in [-0.25, -0.2) is 8.42 Å². The highest BCUT2D eigenvalue weighted by atomic mass is 32.2. The third-order valence-electron chi connectivity index (χ3n) is 5.64. The largest absolute Gasteiger partial charge is 0.495 e. The summed E-state index contributed by atoms with van der Waals surface area (Å²) in [7, 11) is -2.25. The summed E-state index contributed by atoms with van der Waals surface area (Å²) < 4.78 is 31.8. The molecular weight excluding hydrogens is 400 g/mol. The molecule has 7 heteroatoms. The van der Waals surface area contributed by atoms with Gasteiger partial charge in [0.15, 0.2) is 0 Å². The minimum atomic E-state index is -3.73. The lowest BCUT2D eigenvalue weighted by Gasteiger charge is -2.30. The average molecular weight is 431 g/mol. The van der Waals surface area contributed by atoms with Gasteiger partial charge in [0, 0.05) is 0 Å². The fourth-order valence-electron chi connectivity index (χ4n) is 4.03. The third kappa shape index (κ3) is 4.61. The van der Waals surface area contributed by atoms with E-state index < -0.39 is 16.1 Å². The first-order chi connectivity index (χ1) is 14.1. The number of sulfonamides is 1. The summed E-state index contributed by atoms with van der Waals surface area (Å²) in [5.74, 6) is 0.0364. The Kier molecular flexibility index (Phi) is 6.41. The lowest BCUT2D eigenvalue weighted by molar-refractivity contribution is -0.122. The van der Waals surface area contributed by atoms with E-state index >= 15 is 0 Å². The molecule has 1 aliphatic rings. The van der Waals surface area contributed by atoms with Gasteiger partial charge in [-0.2, -0.15) is 0 Å². The number of nitrogens with one attached hydrogen (secondary N) is 1. The van der Waals surface area contributed by atoms with Crippen LogP contribution in [0, 0.1) is 6.92 Å². The molecule has 0 aliphatic heterocycles. The molecular formula is C23H30N2O4S. The number of fused-ring (bicyclic) bond motifs is 1. The van der Waals surface area contributed by atoms with Crippen LogP contribution in [0.3, 0.4) is 0 Å². The van der Waals surface area contributed by atoms with Crippen LogP contribution in [0.2, 0.25) is 0 Å². The molecule has 6 nitrogen and oxygen atoms in total. The van der Waals surface area contributed by atoms with Crippen molar-refractivity contribution < 1.29 is 17.9 Å². The van der Waals surface area contributed by atoms with E-state index in [9.17, 15) is 13.2 Å². The first kappa shape index (κ1) is 22.2. The Morgan fingerprint density at radius 3 is 2.47 bits per heavy atom.